The van der Waals surface area contributed by atoms with Gasteiger partial charge in [0, 0.05) is 12.8 Å². The van der Waals surface area contributed by atoms with Gasteiger partial charge in [0.15, 0.2) is 0 Å². The molecule has 0 fully saturated rings. The lowest BCUT2D eigenvalue weighted by Crippen LogP contribution is -2.59. The highest BCUT2D eigenvalue weighted by atomic mass is 16.4. The maximum atomic E-state index is 13.0. The molecule has 0 aromatic heterocycles. The van der Waals surface area contributed by atoms with Crippen LogP contribution in [0.5, 0.6) is 0 Å². The van der Waals surface area contributed by atoms with Gasteiger partial charge in [-0.2, -0.15) is 0 Å². The number of hydrogen-bond acceptors (Lipinski definition) is 7. The van der Waals surface area contributed by atoms with Crippen molar-refractivity contribution in [2.75, 3.05) is 0 Å². The van der Waals surface area contributed by atoms with Crippen LogP contribution in [0.1, 0.15) is 66.2 Å². The molecule has 0 aliphatic rings. The first-order chi connectivity index (χ1) is 16.2. The summed E-state index contributed by atoms with van der Waals surface area (Å²) in [5.41, 5.74) is 16.0. The number of carbonyl (C=O) groups excluding carboxylic acids is 5. The molecule has 0 aliphatic heterocycles. The van der Waals surface area contributed by atoms with E-state index < -0.39 is 59.7 Å². The number of carboxylic acid groups (broad SMARTS) is 1. The van der Waals surface area contributed by atoms with Crippen LogP contribution in [0.15, 0.2) is 0 Å². The molecule has 0 saturated heterocycles. The molecule has 10 N–H and O–H groups in total. The second-order valence-electron chi connectivity index (χ2n) is 8.76. The van der Waals surface area contributed by atoms with E-state index in [0.717, 1.165) is 0 Å². The molecule has 0 rings (SSSR count). The Morgan fingerprint density at radius 1 is 0.714 bits per heavy atom. The van der Waals surface area contributed by atoms with E-state index in [2.05, 4.69) is 16.0 Å². The molecule has 0 aromatic carbocycles. The largest absolute Gasteiger partial charge is 0.480 e. The van der Waals surface area contributed by atoms with Gasteiger partial charge in [-0.1, -0.05) is 40.5 Å². The van der Waals surface area contributed by atoms with Crippen molar-refractivity contribution in [1.29, 1.82) is 0 Å². The molecule has 0 bridgehead atoms. The van der Waals surface area contributed by atoms with Crippen molar-refractivity contribution in [2.45, 2.75) is 90.4 Å². The third-order valence-corrected chi connectivity index (χ3v) is 5.92. The molecule has 0 spiro atoms. The van der Waals surface area contributed by atoms with Crippen LogP contribution in [0.2, 0.25) is 0 Å². The smallest absolute Gasteiger partial charge is 0.326 e. The van der Waals surface area contributed by atoms with E-state index in [0.29, 0.717) is 12.8 Å². The summed E-state index contributed by atoms with van der Waals surface area (Å²) < 4.78 is 0. The van der Waals surface area contributed by atoms with Crippen molar-refractivity contribution >= 4 is 35.5 Å². The lowest BCUT2D eigenvalue weighted by Gasteiger charge is -2.29. The quantitative estimate of drug-likeness (QED) is 0.123. The molecule has 5 amide bonds. The summed E-state index contributed by atoms with van der Waals surface area (Å²) >= 11 is 0. The summed E-state index contributed by atoms with van der Waals surface area (Å²) in [6, 6.07) is -4.63. The number of nitrogens with one attached hydrogen (secondary N) is 3. The number of nitrogens with two attached hydrogens (primary N) is 3. The highest BCUT2D eigenvalue weighted by Gasteiger charge is 2.34. The van der Waals surface area contributed by atoms with E-state index >= 15 is 0 Å². The van der Waals surface area contributed by atoms with Gasteiger partial charge < -0.3 is 38.3 Å². The summed E-state index contributed by atoms with van der Waals surface area (Å²) in [5.74, 6) is -5.47. The predicted octanol–water partition coefficient (Wildman–Crippen LogP) is -1.52. The zero-order chi connectivity index (χ0) is 27.3. The van der Waals surface area contributed by atoms with Gasteiger partial charge in [0.25, 0.3) is 0 Å². The first-order valence-electron chi connectivity index (χ1n) is 11.7. The van der Waals surface area contributed by atoms with Gasteiger partial charge in [0.2, 0.25) is 29.5 Å². The minimum Gasteiger partial charge on any atom is -0.480 e. The topological polar surface area (TPSA) is 237 Å². The Labute approximate surface area is 205 Å². The van der Waals surface area contributed by atoms with E-state index in [1.165, 1.54) is 0 Å². The Bertz CT molecular complexity index is 775. The third kappa shape index (κ3) is 11.7. The van der Waals surface area contributed by atoms with Gasteiger partial charge in [-0.15, -0.1) is 0 Å². The summed E-state index contributed by atoms with van der Waals surface area (Å²) in [5, 5.41) is 17.0. The van der Waals surface area contributed by atoms with Crippen LogP contribution in [0.3, 0.4) is 0 Å². The number of carbonyl (C=O) groups is 6. The lowest BCUT2D eigenvalue weighted by atomic mass is 9.95. The van der Waals surface area contributed by atoms with E-state index in [4.69, 9.17) is 17.2 Å². The highest BCUT2D eigenvalue weighted by Crippen LogP contribution is 2.13. The molecular formula is C22H40N6O7. The molecule has 0 aliphatic carbocycles. The molecule has 6 atom stereocenters. The Hall–Kier alpha value is -3.22. The molecular weight excluding hydrogens is 460 g/mol. The molecule has 13 heteroatoms. The summed E-state index contributed by atoms with van der Waals surface area (Å²) in [4.78, 5) is 72.3. The summed E-state index contributed by atoms with van der Waals surface area (Å²) in [6.45, 7) is 6.98. The molecule has 200 valence electrons. The van der Waals surface area contributed by atoms with Gasteiger partial charge in [-0.05, 0) is 24.7 Å². The predicted molar refractivity (Wildman–Crippen MR) is 127 cm³/mol. The standard InChI is InChI=1S/C22H40N6O7/c1-5-11(3)17(21(33)28-18(22(34)35)12(4)6-2)27-20(32)14(8-10-16(25)30)26-19(31)13(23)7-9-15(24)29/h11-14,17-18H,5-10,23H2,1-4H3,(H2,24,29)(H2,25,30)(H,26,31)(H,27,32)(H,28,33)(H,34,35). The average Bonchev–Trinajstić information content (AvgIpc) is 2.79. The van der Waals surface area contributed by atoms with Crippen LogP contribution in [0.25, 0.3) is 0 Å². The molecule has 6 unspecified atom stereocenters. The minimum atomic E-state index is -1.25. The number of amides is 5. The fraction of sp³-hybridized carbons (Fsp3) is 0.727. The summed E-state index contributed by atoms with van der Waals surface area (Å²) in [6.07, 6.45) is 0.420. The van der Waals surface area contributed by atoms with E-state index in [1.807, 2.05) is 0 Å². The normalized spacial score (nSPS) is 16.0. The number of hydrogen-bond donors (Lipinski definition) is 7. The van der Waals surface area contributed by atoms with Crippen molar-refractivity contribution in [1.82, 2.24) is 16.0 Å². The molecule has 0 saturated carbocycles. The van der Waals surface area contributed by atoms with Crippen LogP contribution >= 0.6 is 0 Å². The monoisotopic (exact) mass is 500 g/mol. The molecule has 0 heterocycles. The minimum absolute atomic E-state index is 0.0462. The average molecular weight is 501 g/mol. The maximum absolute atomic E-state index is 13.0. The third-order valence-electron chi connectivity index (χ3n) is 5.92. The molecule has 0 radical (unpaired) electrons. The van der Waals surface area contributed by atoms with E-state index in [9.17, 15) is 33.9 Å². The van der Waals surface area contributed by atoms with Crippen LogP contribution in [0, 0.1) is 11.8 Å². The Morgan fingerprint density at radius 3 is 1.63 bits per heavy atom. The number of carboxylic acids is 1. The van der Waals surface area contributed by atoms with Crippen LogP contribution in [0.4, 0.5) is 0 Å². The van der Waals surface area contributed by atoms with Crippen LogP contribution in [-0.2, 0) is 28.8 Å². The van der Waals surface area contributed by atoms with Gasteiger partial charge in [0.1, 0.15) is 18.1 Å². The van der Waals surface area contributed by atoms with E-state index in [-0.39, 0.29) is 37.5 Å². The Morgan fingerprint density at radius 2 is 1.17 bits per heavy atom. The fourth-order valence-corrected chi connectivity index (χ4v) is 3.14. The first-order valence-corrected chi connectivity index (χ1v) is 11.7. The maximum Gasteiger partial charge on any atom is 0.326 e. The zero-order valence-electron chi connectivity index (χ0n) is 20.8. The lowest BCUT2D eigenvalue weighted by molar-refractivity contribution is -0.144. The van der Waals surface area contributed by atoms with E-state index in [1.54, 1.807) is 27.7 Å². The van der Waals surface area contributed by atoms with Gasteiger partial charge in [-0.3, -0.25) is 24.0 Å². The van der Waals surface area contributed by atoms with Gasteiger partial charge in [0.05, 0.1) is 6.04 Å². The van der Waals surface area contributed by atoms with Crippen LogP contribution in [-0.4, -0.2) is 64.8 Å². The number of primary amides is 2. The van der Waals surface area contributed by atoms with Crippen molar-refractivity contribution in [2.24, 2.45) is 29.0 Å². The number of aliphatic carboxylic acids is 1. The second kappa shape index (κ2) is 15.6. The van der Waals surface area contributed by atoms with Crippen LogP contribution < -0.4 is 33.2 Å². The molecule has 35 heavy (non-hydrogen) atoms. The molecule has 0 aromatic rings. The SMILES string of the molecule is CCC(C)C(NC(=O)C(NC(=O)C(CCC(N)=O)NC(=O)C(N)CCC(N)=O)C(C)CC)C(=O)O. The van der Waals surface area contributed by atoms with Gasteiger partial charge in [-0.25, -0.2) is 4.79 Å². The first kappa shape index (κ1) is 31.8. The highest BCUT2D eigenvalue weighted by molar-refractivity contribution is 5.94. The van der Waals surface area contributed by atoms with Crippen molar-refractivity contribution in [3.05, 3.63) is 0 Å². The Balaban J connectivity index is 5.64. The van der Waals surface area contributed by atoms with Gasteiger partial charge >= 0.3 is 5.97 Å². The summed E-state index contributed by atoms with van der Waals surface area (Å²) in [7, 11) is 0. The van der Waals surface area contributed by atoms with Crippen molar-refractivity contribution in [3.8, 4) is 0 Å². The van der Waals surface area contributed by atoms with Crippen molar-refractivity contribution in [3.63, 3.8) is 0 Å². The fourth-order valence-electron chi connectivity index (χ4n) is 3.14. The van der Waals surface area contributed by atoms with Crippen molar-refractivity contribution < 1.29 is 33.9 Å². The second-order valence-corrected chi connectivity index (χ2v) is 8.76. The Kier molecular flexibility index (Phi) is 14.2. The number of rotatable bonds is 17. The zero-order valence-corrected chi connectivity index (χ0v) is 20.8. The molecule has 13 nitrogen and oxygen atoms in total.